The van der Waals surface area contributed by atoms with Crippen LogP contribution in [0.1, 0.15) is 17.6 Å². The predicted octanol–water partition coefficient (Wildman–Crippen LogP) is 3.65. The molecule has 0 aromatic heterocycles. The number of halogens is 4. The highest BCUT2D eigenvalue weighted by Crippen LogP contribution is 2.58. The number of hydrogen-bond donors (Lipinski definition) is 2. The minimum Gasteiger partial charge on any atom is -0.323 e. The van der Waals surface area contributed by atoms with Crippen LogP contribution in [0.2, 0.25) is 0 Å². The molecule has 0 aliphatic heterocycles. The Morgan fingerprint density at radius 1 is 1.43 bits per heavy atom. The number of anilines is 1. The van der Waals surface area contributed by atoms with Crippen molar-refractivity contribution in [3.05, 3.63) is 29.8 Å². The lowest BCUT2D eigenvalue weighted by Crippen LogP contribution is -2.29. The van der Waals surface area contributed by atoms with E-state index in [0.29, 0.717) is 0 Å². The van der Waals surface area contributed by atoms with Crippen molar-refractivity contribution in [2.45, 2.75) is 18.2 Å². The summed E-state index contributed by atoms with van der Waals surface area (Å²) >= 11 is 5.80. The van der Waals surface area contributed by atoms with E-state index in [1.807, 2.05) is 0 Å². The van der Waals surface area contributed by atoms with Gasteiger partial charge >= 0.3 is 19.7 Å². The Morgan fingerprint density at radius 2 is 1.95 bits per heavy atom. The zero-order valence-corrected chi connectivity index (χ0v) is 12.4. The number of amides is 1. The third-order valence-corrected chi connectivity index (χ3v) is 4.79. The lowest BCUT2D eigenvalue weighted by Gasteiger charge is -2.17. The lowest BCUT2D eigenvalue weighted by molar-refractivity contribution is -0.167. The summed E-state index contributed by atoms with van der Waals surface area (Å²) in [4.78, 5) is 20.3. The number of carbonyl (C=O) groups excluding carboxylic acids is 1. The smallest absolute Gasteiger partial charge is 0.323 e. The predicted molar refractivity (Wildman–Crippen MR) is 71.2 cm³/mol. The van der Waals surface area contributed by atoms with E-state index in [0.717, 1.165) is 12.1 Å². The standard InChI is InChI=1S/C11H12ClF3NO4P/c1-2-20-21(18,19)9(12)7-3-5-8(6-4-7)16-10(17)11(13,14)15/h3-6,9H,2H2,1H3,(H,16,17)(H,18,19). The minimum absolute atomic E-state index is 0.0171. The van der Waals surface area contributed by atoms with Crippen molar-refractivity contribution in [3.63, 3.8) is 0 Å². The van der Waals surface area contributed by atoms with E-state index in [-0.39, 0.29) is 17.9 Å². The molecule has 10 heteroatoms. The van der Waals surface area contributed by atoms with Gasteiger partial charge in [-0.2, -0.15) is 13.2 Å². The molecule has 1 rings (SSSR count). The Bertz CT molecular complexity index is 549. The van der Waals surface area contributed by atoms with E-state index in [2.05, 4.69) is 4.52 Å². The zero-order chi connectivity index (χ0) is 16.3. The molecule has 2 N–H and O–H groups in total. The Balaban J connectivity index is 2.84. The van der Waals surface area contributed by atoms with Gasteiger partial charge in [0.2, 0.25) is 0 Å². The van der Waals surface area contributed by atoms with Crippen LogP contribution in [-0.4, -0.2) is 23.6 Å². The molecule has 2 atom stereocenters. The second-order valence-electron chi connectivity index (χ2n) is 3.89. The Hall–Kier alpha value is -1.08. The van der Waals surface area contributed by atoms with E-state index in [1.54, 1.807) is 5.32 Å². The van der Waals surface area contributed by atoms with Gasteiger partial charge in [0.15, 0.2) is 5.12 Å². The molecule has 5 nitrogen and oxygen atoms in total. The molecule has 1 aromatic rings. The van der Waals surface area contributed by atoms with Crippen LogP contribution in [0.25, 0.3) is 0 Å². The van der Waals surface area contributed by atoms with Crippen LogP contribution in [0.15, 0.2) is 24.3 Å². The second kappa shape index (κ2) is 6.79. The number of alkyl halides is 4. The summed E-state index contributed by atoms with van der Waals surface area (Å²) in [5, 5.41) is 0.285. The fraction of sp³-hybridized carbons (Fsp3) is 0.364. The van der Waals surface area contributed by atoms with Gasteiger partial charge < -0.3 is 14.7 Å². The largest absolute Gasteiger partial charge is 0.471 e. The highest BCUT2D eigenvalue weighted by Gasteiger charge is 2.38. The van der Waals surface area contributed by atoms with Gasteiger partial charge in [0.05, 0.1) is 6.61 Å². The molecule has 0 radical (unpaired) electrons. The number of benzene rings is 1. The van der Waals surface area contributed by atoms with Gasteiger partial charge in [-0.05, 0) is 24.6 Å². The van der Waals surface area contributed by atoms with Crippen LogP contribution >= 0.6 is 19.2 Å². The molecule has 0 bridgehead atoms. The summed E-state index contributed by atoms with van der Waals surface area (Å²) < 4.78 is 52.5. The Labute approximate surface area is 123 Å². The maximum Gasteiger partial charge on any atom is 0.471 e. The van der Waals surface area contributed by atoms with Crippen LogP contribution in [0.3, 0.4) is 0 Å². The number of hydrogen-bond acceptors (Lipinski definition) is 3. The normalized spacial score (nSPS) is 16.1. The van der Waals surface area contributed by atoms with Crippen molar-refractivity contribution in [2.24, 2.45) is 0 Å². The minimum atomic E-state index is -5.00. The van der Waals surface area contributed by atoms with Gasteiger partial charge in [-0.1, -0.05) is 12.1 Å². The lowest BCUT2D eigenvalue weighted by atomic mass is 10.2. The first kappa shape index (κ1) is 18.0. The molecule has 0 aliphatic carbocycles. The molecule has 1 aromatic carbocycles. The number of rotatable bonds is 5. The van der Waals surface area contributed by atoms with Crippen molar-refractivity contribution in [2.75, 3.05) is 11.9 Å². The van der Waals surface area contributed by atoms with Crippen molar-refractivity contribution >= 4 is 30.8 Å². The Morgan fingerprint density at radius 3 is 2.38 bits per heavy atom. The van der Waals surface area contributed by atoms with Crippen LogP contribution in [0, 0.1) is 0 Å². The molecule has 0 heterocycles. The quantitative estimate of drug-likeness (QED) is 0.631. The second-order valence-corrected chi connectivity index (χ2v) is 6.54. The molecule has 118 valence electrons. The summed E-state index contributed by atoms with van der Waals surface area (Å²) in [7, 11) is -4.08. The van der Waals surface area contributed by atoms with Crippen LogP contribution in [-0.2, 0) is 13.9 Å². The van der Waals surface area contributed by atoms with Gasteiger partial charge in [0.1, 0.15) is 0 Å². The highest BCUT2D eigenvalue weighted by atomic mass is 35.5. The summed E-state index contributed by atoms with van der Waals surface area (Å²) in [6, 6.07) is 4.73. The van der Waals surface area contributed by atoms with Gasteiger partial charge in [0, 0.05) is 5.69 Å². The topological polar surface area (TPSA) is 75.6 Å². The number of carbonyl (C=O) groups is 1. The molecule has 21 heavy (non-hydrogen) atoms. The fourth-order valence-electron chi connectivity index (χ4n) is 1.37. The van der Waals surface area contributed by atoms with Crippen molar-refractivity contribution < 1.29 is 31.9 Å². The SMILES string of the molecule is CCOP(=O)(O)C(Cl)c1ccc(NC(=O)C(F)(F)F)cc1. The monoisotopic (exact) mass is 345 g/mol. The van der Waals surface area contributed by atoms with Gasteiger partial charge in [-0.25, -0.2) is 0 Å². The molecule has 2 unspecified atom stereocenters. The molecule has 1 amide bonds. The van der Waals surface area contributed by atoms with E-state index in [9.17, 15) is 27.4 Å². The first-order valence-electron chi connectivity index (χ1n) is 5.67. The first-order chi connectivity index (χ1) is 9.58. The van der Waals surface area contributed by atoms with Crippen LogP contribution in [0.5, 0.6) is 0 Å². The molecular weight excluding hydrogens is 334 g/mol. The highest BCUT2D eigenvalue weighted by molar-refractivity contribution is 7.55. The fourth-order valence-corrected chi connectivity index (χ4v) is 2.73. The average Bonchev–Trinajstić information content (AvgIpc) is 2.37. The third-order valence-electron chi connectivity index (χ3n) is 2.30. The molecular formula is C11H12ClF3NO4P. The molecule has 0 spiro atoms. The van der Waals surface area contributed by atoms with Gasteiger partial charge in [-0.15, -0.1) is 11.6 Å². The van der Waals surface area contributed by atoms with Crippen molar-refractivity contribution in [1.29, 1.82) is 0 Å². The zero-order valence-electron chi connectivity index (χ0n) is 10.7. The van der Waals surface area contributed by atoms with E-state index in [1.165, 1.54) is 19.1 Å². The van der Waals surface area contributed by atoms with E-state index < -0.39 is 24.8 Å². The molecule has 0 saturated carbocycles. The van der Waals surface area contributed by atoms with Crippen LogP contribution in [0.4, 0.5) is 18.9 Å². The molecule has 0 aliphatic rings. The van der Waals surface area contributed by atoms with Crippen molar-refractivity contribution in [3.8, 4) is 0 Å². The summed E-state index contributed by atoms with van der Waals surface area (Å²) in [5.74, 6) is -2.11. The van der Waals surface area contributed by atoms with E-state index >= 15 is 0 Å². The van der Waals surface area contributed by atoms with Gasteiger partial charge in [-0.3, -0.25) is 9.36 Å². The summed E-state index contributed by atoms with van der Waals surface area (Å²) in [6.07, 6.45) is -5.00. The third kappa shape index (κ3) is 5.00. The summed E-state index contributed by atoms with van der Waals surface area (Å²) in [6.45, 7) is 1.50. The van der Waals surface area contributed by atoms with Gasteiger partial charge in [0.25, 0.3) is 0 Å². The maximum atomic E-state index is 12.1. The molecule has 0 fully saturated rings. The molecule has 0 saturated heterocycles. The summed E-state index contributed by atoms with van der Waals surface area (Å²) in [5.41, 5.74) is 0.0649. The first-order valence-corrected chi connectivity index (χ1v) is 7.75. The Kier molecular flexibility index (Phi) is 5.81. The van der Waals surface area contributed by atoms with Crippen LogP contribution < -0.4 is 5.32 Å². The van der Waals surface area contributed by atoms with E-state index in [4.69, 9.17) is 11.6 Å². The number of nitrogens with one attached hydrogen (secondary N) is 1. The maximum absolute atomic E-state index is 12.1. The average molecular weight is 346 g/mol. The van der Waals surface area contributed by atoms with Crippen molar-refractivity contribution in [1.82, 2.24) is 0 Å².